The zero-order chi connectivity index (χ0) is 16.2. The lowest BCUT2D eigenvalue weighted by Crippen LogP contribution is -2.49. The van der Waals surface area contributed by atoms with Crippen LogP contribution in [0.15, 0.2) is 23.0 Å². The Kier molecular flexibility index (Phi) is 5.83. The molecule has 3 rings (SSSR count). The molecule has 0 radical (unpaired) electrons. The van der Waals surface area contributed by atoms with Crippen LogP contribution in [0.3, 0.4) is 0 Å². The molecule has 5 heteroatoms. The molecule has 1 fully saturated rings. The number of pyridine rings is 1. The topological polar surface area (TPSA) is 45.5 Å². The van der Waals surface area contributed by atoms with E-state index in [-0.39, 0.29) is 11.7 Å². The van der Waals surface area contributed by atoms with Crippen LogP contribution >= 0.6 is 11.8 Å². The Bertz CT molecular complexity index is 574. The third-order valence-electron chi connectivity index (χ3n) is 4.98. The lowest BCUT2D eigenvalue weighted by molar-refractivity contribution is 0.0717. The van der Waals surface area contributed by atoms with E-state index < -0.39 is 0 Å². The molecule has 0 saturated carbocycles. The van der Waals surface area contributed by atoms with Gasteiger partial charge in [-0.05, 0) is 30.6 Å². The van der Waals surface area contributed by atoms with Crippen LogP contribution in [0.5, 0.6) is 0 Å². The molecule has 1 aromatic rings. The minimum absolute atomic E-state index is 0.137. The second-order valence-electron chi connectivity index (χ2n) is 7.00. The molecule has 23 heavy (non-hydrogen) atoms. The van der Waals surface area contributed by atoms with Crippen LogP contribution in [-0.4, -0.2) is 51.8 Å². The summed E-state index contributed by atoms with van der Waals surface area (Å²) in [6, 6.07) is 5.65. The van der Waals surface area contributed by atoms with Crippen molar-refractivity contribution in [3.8, 4) is 0 Å². The predicted molar refractivity (Wildman–Crippen MR) is 96.2 cm³/mol. The zero-order valence-corrected chi connectivity index (χ0v) is 14.8. The monoisotopic (exact) mass is 336 g/mol. The molecule has 0 spiro atoms. The number of piperidine rings is 1. The summed E-state index contributed by atoms with van der Waals surface area (Å²) in [6.45, 7) is 5.78. The summed E-state index contributed by atoms with van der Waals surface area (Å²) in [5.74, 6) is 2.97. The molecule has 4 nitrogen and oxygen atoms in total. The van der Waals surface area contributed by atoms with Gasteiger partial charge >= 0.3 is 0 Å². The first-order chi connectivity index (χ1) is 11.2. The SMILES string of the molecule is CCCCSCC(O)CN1C[C@H]2C[C@@H](C1)c1cccc(=O)n1C2. The Balaban J connectivity index is 1.56. The van der Waals surface area contributed by atoms with Gasteiger partial charge < -0.3 is 9.67 Å². The van der Waals surface area contributed by atoms with Crippen LogP contribution in [0.4, 0.5) is 0 Å². The summed E-state index contributed by atoms with van der Waals surface area (Å²) < 4.78 is 1.97. The molecular weight excluding hydrogens is 308 g/mol. The molecule has 3 heterocycles. The van der Waals surface area contributed by atoms with Crippen LogP contribution in [0, 0.1) is 5.92 Å². The van der Waals surface area contributed by atoms with Crippen molar-refractivity contribution in [3.63, 3.8) is 0 Å². The normalized spacial score (nSPS) is 25.1. The van der Waals surface area contributed by atoms with E-state index in [1.165, 1.54) is 25.0 Å². The van der Waals surface area contributed by atoms with E-state index >= 15 is 0 Å². The van der Waals surface area contributed by atoms with Crippen LogP contribution in [0.2, 0.25) is 0 Å². The number of thioether (sulfide) groups is 1. The van der Waals surface area contributed by atoms with Crippen molar-refractivity contribution in [2.75, 3.05) is 31.1 Å². The number of fused-ring (bicyclic) bond motifs is 4. The van der Waals surface area contributed by atoms with Crippen LogP contribution in [0.25, 0.3) is 0 Å². The number of β-amino-alcohol motifs (C(OH)–C–C–N with tert-alkyl or cyclic N) is 1. The number of aliphatic hydroxyl groups excluding tert-OH is 1. The highest BCUT2D eigenvalue weighted by atomic mass is 32.2. The van der Waals surface area contributed by atoms with E-state index in [1.54, 1.807) is 6.07 Å². The Labute approximate surface area is 142 Å². The molecule has 3 atom stereocenters. The van der Waals surface area contributed by atoms with E-state index in [4.69, 9.17) is 0 Å². The fourth-order valence-corrected chi connectivity index (χ4v) is 5.00. The Hall–Kier alpha value is -0.780. The van der Waals surface area contributed by atoms with Crippen LogP contribution in [-0.2, 0) is 6.54 Å². The predicted octanol–water partition coefficient (Wildman–Crippen LogP) is 2.16. The second-order valence-corrected chi connectivity index (χ2v) is 8.15. The average Bonchev–Trinajstić information content (AvgIpc) is 2.53. The second kappa shape index (κ2) is 7.86. The molecule has 0 amide bonds. The summed E-state index contributed by atoms with van der Waals surface area (Å²) in [7, 11) is 0. The number of unbranched alkanes of at least 4 members (excludes halogenated alkanes) is 1. The molecule has 1 unspecified atom stereocenters. The van der Waals surface area contributed by atoms with Gasteiger partial charge in [-0.3, -0.25) is 9.69 Å². The fourth-order valence-electron chi connectivity index (χ4n) is 3.96. The van der Waals surface area contributed by atoms with Gasteiger partial charge in [0.2, 0.25) is 0 Å². The Morgan fingerprint density at radius 3 is 3.04 bits per heavy atom. The van der Waals surface area contributed by atoms with Crippen molar-refractivity contribution in [1.29, 1.82) is 0 Å². The van der Waals surface area contributed by atoms with E-state index in [9.17, 15) is 9.90 Å². The van der Waals surface area contributed by atoms with Gasteiger partial charge in [0.05, 0.1) is 6.10 Å². The first-order valence-corrected chi connectivity index (χ1v) is 10.0. The molecular formula is C18H28N2O2S. The van der Waals surface area contributed by atoms with Crippen molar-refractivity contribution >= 4 is 11.8 Å². The highest BCUT2D eigenvalue weighted by Crippen LogP contribution is 2.34. The Morgan fingerprint density at radius 1 is 1.35 bits per heavy atom. The van der Waals surface area contributed by atoms with E-state index in [0.717, 1.165) is 37.7 Å². The quantitative estimate of drug-likeness (QED) is 0.775. The first-order valence-electron chi connectivity index (χ1n) is 8.85. The number of likely N-dealkylation sites (tertiary alicyclic amines) is 1. The number of nitrogens with zero attached hydrogens (tertiary/aromatic N) is 2. The van der Waals surface area contributed by atoms with E-state index in [2.05, 4.69) is 17.9 Å². The molecule has 2 aliphatic heterocycles. The minimum Gasteiger partial charge on any atom is -0.391 e. The summed E-state index contributed by atoms with van der Waals surface area (Å²) >= 11 is 1.86. The van der Waals surface area contributed by atoms with E-state index in [1.807, 2.05) is 22.4 Å². The van der Waals surface area contributed by atoms with Gasteiger partial charge in [0.15, 0.2) is 0 Å². The summed E-state index contributed by atoms with van der Waals surface area (Å²) in [5, 5.41) is 10.3. The maximum atomic E-state index is 12.0. The number of hydrogen-bond donors (Lipinski definition) is 1. The first kappa shape index (κ1) is 17.1. The minimum atomic E-state index is -0.242. The number of aromatic nitrogens is 1. The molecule has 2 bridgehead atoms. The molecule has 1 saturated heterocycles. The molecule has 1 aromatic heterocycles. The third kappa shape index (κ3) is 4.20. The lowest BCUT2D eigenvalue weighted by atomic mass is 9.83. The van der Waals surface area contributed by atoms with Crippen LogP contribution < -0.4 is 5.56 Å². The van der Waals surface area contributed by atoms with Crippen molar-refractivity contribution in [1.82, 2.24) is 9.47 Å². The van der Waals surface area contributed by atoms with Crippen molar-refractivity contribution in [2.45, 2.75) is 44.8 Å². The van der Waals surface area contributed by atoms with Gasteiger partial charge in [-0.15, -0.1) is 0 Å². The van der Waals surface area contributed by atoms with Gasteiger partial charge in [0.1, 0.15) is 0 Å². The van der Waals surface area contributed by atoms with Crippen molar-refractivity contribution < 1.29 is 5.11 Å². The summed E-state index contributed by atoms with van der Waals surface area (Å²) in [6.07, 6.45) is 3.39. The molecule has 128 valence electrons. The van der Waals surface area contributed by atoms with Gasteiger partial charge in [0, 0.05) is 49.6 Å². The number of rotatable bonds is 7. The molecule has 2 aliphatic rings. The van der Waals surface area contributed by atoms with Crippen molar-refractivity contribution in [3.05, 3.63) is 34.2 Å². The van der Waals surface area contributed by atoms with Crippen molar-refractivity contribution in [2.24, 2.45) is 5.92 Å². The smallest absolute Gasteiger partial charge is 0.250 e. The molecule has 0 aliphatic carbocycles. The maximum absolute atomic E-state index is 12.0. The maximum Gasteiger partial charge on any atom is 0.250 e. The van der Waals surface area contributed by atoms with Crippen LogP contribution in [0.1, 0.15) is 37.8 Å². The van der Waals surface area contributed by atoms with Gasteiger partial charge in [-0.25, -0.2) is 0 Å². The number of aliphatic hydroxyl groups is 1. The standard InChI is InChI=1S/C18H28N2O2S/c1-2-3-7-23-13-16(21)12-19-9-14-8-15(11-19)17-5-4-6-18(22)20(17)10-14/h4-6,14-16,21H,2-3,7-13H2,1H3/t14-,15+,16?/m1/s1. The lowest BCUT2D eigenvalue weighted by Gasteiger charge is -2.43. The molecule has 0 aromatic carbocycles. The summed E-state index contributed by atoms with van der Waals surface area (Å²) in [5.41, 5.74) is 1.32. The average molecular weight is 337 g/mol. The third-order valence-corrected chi connectivity index (χ3v) is 6.17. The van der Waals surface area contributed by atoms with Gasteiger partial charge in [-0.1, -0.05) is 19.4 Å². The highest BCUT2D eigenvalue weighted by molar-refractivity contribution is 7.99. The van der Waals surface area contributed by atoms with Gasteiger partial charge in [0.25, 0.3) is 5.56 Å². The van der Waals surface area contributed by atoms with E-state index in [0.29, 0.717) is 11.8 Å². The number of hydrogen-bond acceptors (Lipinski definition) is 4. The van der Waals surface area contributed by atoms with Gasteiger partial charge in [-0.2, -0.15) is 11.8 Å². The molecule has 1 N–H and O–H groups in total. The largest absolute Gasteiger partial charge is 0.391 e. The fraction of sp³-hybridized carbons (Fsp3) is 0.722. The Morgan fingerprint density at radius 2 is 2.22 bits per heavy atom. The zero-order valence-electron chi connectivity index (χ0n) is 14.0. The summed E-state index contributed by atoms with van der Waals surface area (Å²) in [4.78, 5) is 14.4. The highest BCUT2D eigenvalue weighted by Gasteiger charge is 2.34.